The van der Waals surface area contributed by atoms with Crippen molar-refractivity contribution in [2.45, 2.75) is 6.10 Å². The van der Waals surface area contributed by atoms with Crippen LogP contribution >= 0.6 is 0 Å². The lowest BCUT2D eigenvalue weighted by molar-refractivity contribution is 0.141. The molecule has 1 aromatic heterocycles. The van der Waals surface area contributed by atoms with Crippen LogP contribution in [0.4, 0.5) is 20.7 Å². The molecule has 1 atom stereocenters. The van der Waals surface area contributed by atoms with Crippen LogP contribution in [0.15, 0.2) is 41.7 Å². The SMILES string of the molecule is CNCC1CN(c2ccc(-c3ccc(N4C=NOCC4)nc3)c(F)c2)C(=O)O1. The highest BCUT2D eigenvalue weighted by Gasteiger charge is 2.32. The van der Waals surface area contributed by atoms with Gasteiger partial charge in [-0.25, -0.2) is 14.2 Å². The van der Waals surface area contributed by atoms with E-state index >= 15 is 0 Å². The summed E-state index contributed by atoms with van der Waals surface area (Å²) in [7, 11) is 1.79. The topological polar surface area (TPSA) is 79.3 Å². The first kappa shape index (κ1) is 18.2. The molecule has 2 aliphatic rings. The number of rotatable bonds is 5. The molecule has 1 unspecified atom stereocenters. The van der Waals surface area contributed by atoms with Gasteiger partial charge >= 0.3 is 6.09 Å². The van der Waals surface area contributed by atoms with E-state index in [1.807, 2.05) is 4.90 Å². The molecule has 1 aromatic carbocycles. The minimum atomic E-state index is -0.467. The average molecular weight is 385 g/mol. The summed E-state index contributed by atoms with van der Waals surface area (Å²) in [6, 6.07) is 8.32. The zero-order valence-corrected chi connectivity index (χ0v) is 15.3. The van der Waals surface area contributed by atoms with Gasteiger partial charge in [-0.15, -0.1) is 0 Å². The monoisotopic (exact) mass is 385 g/mol. The minimum absolute atomic E-state index is 0.249. The number of nitrogens with one attached hydrogen (secondary N) is 1. The van der Waals surface area contributed by atoms with Crippen LogP contribution in [0.2, 0.25) is 0 Å². The Labute approximate surface area is 161 Å². The highest BCUT2D eigenvalue weighted by atomic mass is 19.1. The number of anilines is 2. The first-order chi connectivity index (χ1) is 13.7. The Morgan fingerprint density at radius 2 is 2.21 bits per heavy atom. The Morgan fingerprint density at radius 3 is 2.89 bits per heavy atom. The van der Waals surface area contributed by atoms with Crippen molar-refractivity contribution in [3.05, 3.63) is 42.3 Å². The standard InChI is InChI=1S/C19H20FN5O3/c1-21-10-15-11-25(19(26)28-15)14-3-4-16(17(20)8-14)13-2-5-18(22-9-13)24-6-7-27-23-12-24/h2-5,8-9,12,15,21H,6-7,10-11H2,1H3. The van der Waals surface area contributed by atoms with E-state index < -0.39 is 11.9 Å². The smallest absolute Gasteiger partial charge is 0.414 e. The molecule has 0 bridgehead atoms. The molecule has 0 saturated carbocycles. The van der Waals surface area contributed by atoms with Crippen LogP contribution in [0.1, 0.15) is 0 Å². The summed E-state index contributed by atoms with van der Waals surface area (Å²) in [6.45, 7) is 2.08. The molecular weight excluding hydrogens is 365 g/mol. The van der Waals surface area contributed by atoms with Gasteiger partial charge in [-0.1, -0.05) is 5.16 Å². The number of nitrogens with zero attached hydrogens (tertiary/aromatic N) is 4. The molecule has 9 heteroatoms. The van der Waals surface area contributed by atoms with Gasteiger partial charge in [-0.2, -0.15) is 0 Å². The van der Waals surface area contributed by atoms with Gasteiger partial charge in [-0.3, -0.25) is 4.90 Å². The third-order valence-electron chi connectivity index (χ3n) is 4.61. The summed E-state index contributed by atoms with van der Waals surface area (Å²) in [5.41, 5.74) is 1.53. The molecule has 0 aliphatic carbocycles. The quantitative estimate of drug-likeness (QED) is 0.850. The normalized spacial score (nSPS) is 18.9. The van der Waals surface area contributed by atoms with Crippen molar-refractivity contribution in [2.75, 3.05) is 43.1 Å². The minimum Gasteiger partial charge on any atom is -0.443 e. The van der Waals surface area contributed by atoms with Crippen LogP contribution in [-0.2, 0) is 9.57 Å². The van der Waals surface area contributed by atoms with Crippen LogP contribution < -0.4 is 15.1 Å². The van der Waals surface area contributed by atoms with E-state index in [1.165, 1.54) is 11.0 Å². The predicted molar refractivity (Wildman–Crippen MR) is 103 cm³/mol. The number of hydrogen-bond donors (Lipinski definition) is 1. The van der Waals surface area contributed by atoms with Gasteiger partial charge in [0.25, 0.3) is 0 Å². The van der Waals surface area contributed by atoms with Gasteiger partial charge in [0.2, 0.25) is 0 Å². The van der Waals surface area contributed by atoms with Crippen molar-refractivity contribution in [3.8, 4) is 11.1 Å². The van der Waals surface area contributed by atoms with Gasteiger partial charge in [0, 0.05) is 23.9 Å². The molecule has 0 radical (unpaired) electrons. The highest BCUT2D eigenvalue weighted by molar-refractivity contribution is 5.90. The molecule has 8 nitrogen and oxygen atoms in total. The van der Waals surface area contributed by atoms with Crippen molar-refractivity contribution >= 4 is 23.9 Å². The number of pyridine rings is 1. The van der Waals surface area contributed by atoms with E-state index in [2.05, 4.69) is 15.5 Å². The molecule has 4 rings (SSSR count). The van der Waals surface area contributed by atoms with Gasteiger partial charge in [0.1, 0.15) is 30.7 Å². The Balaban J connectivity index is 1.52. The van der Waals surface area contributed by atoms with Crippen LogP contribution in [-0.4, -0.2) is 56.8 Å². The lowest BCUT2D eigenvalue weighted by atomic mass is 10.1. The first-order valence-electron chi connectivity index (χ1n) is 8.96. The average Bonchev–Trinajstić information content (AvgIpc) is 3.09. The maximum Gasteiger partial charge on any atom is 0.414 e. The van der Waals surface area contributed by atoms with Gasteiger partial charge in [0.05, 0.1) is 18.8 Å². The second-order valence-electron chi connectivity index (χ2n) is 6.49. The lowest BCUT2D eigenvalue weighted by Crippen LogP contribution is -2.29. The Bertz CT molecular complexity index is 890. The number of benzene rings is 1. The molecule has 1 amide bonds. The molecular formula is C19H20FN5O3. The molecule has 1 fully saturated rings. The van der Waals surface area contributed by atoms with Crippen molar-refractivity contribution in [1.82, 2.24) is 10.3 Å². The number of halogens is 1. The summed E-state index contributed by atoms with van der Waals surface area (Å²) < 4.78 is 20.0. The summed E-state index contributed by atoms with van der Waals surface area (Å²) in [4.78, 5) is 24.6. The van der Waals surface area contributed by atoms with Gasteiger partial charge in [0.15, 0.2) is 0 Å². The van der Waals surface area contributed by atoms with E-state index in [4.69, 9.17) is 9.57 Å². The van der Waals surface area contributed by atoms with Crippen molar-refractivity contribution < 1.29 is 18.8 Å². The van der Waals surface area contributed by atoms with Crippen molar-refractivity contribution in [2.24, 2.45) is 5.16 Å². The number of hydrogen-bond acceptors (Lipinski definition) is 7. The van der Waals surface area contributed by atoms with E-state index in [1.54, 1.807) is 43.8 Å². The molecule has 2 aromatic rings. The van der Waals surface area contributed by atoms with E-state index in [0.29, 0.717) is 48.9 Å². The summed E-state index contributed by atoms with van der Waals surface area (Å²) >= 11 is 0. The van der Waals surface area contributed by atoms with Crippen LogP contribution in [0, 0.1) is 5.82 Å². The van der Waals surface area contributed by atoms with Crippen molar-refractivity contribution in [3.63, 3.8) is 0 Å². The highest BCUT2D eigenvalue weighted by Crippen LogP contribution is 2.29. The maximum absolute atomic E-state index is 14.7. The van der Waals surface area contributed by atoms with E-state index in [-0.39, 0.29) is 6.10 Å². The third kappa shape index (κ3) is 3.61. The van der Waals surface area contributed by atoms with Gasteiger partial charge in [-0.05, 0) is 37.4 Å². The van der Waals surface area contributed by atoms with E-state index in [0.717, 1.165) is 0 Å². The Kier molecular flexibility index (Phi) is 5.07. The van der Waals surface area contributed by atoms with Crippen LogP contribution in [0.3, 0.4) is 0 Å². The fourth-order valence-corrected chi connectivity index (χ4v) is 3.20. The molecule has 1 N–H and O–H groups in total. The van der Waals surface area contributed by atoms with Crippen LogP contribution in [0.5, 0.6) is 0 Å². The number of oxime groups is 1. The fourth-order valence-electron chi connectivity index (χ4n) is 3.20. The Hall–Kier alpha value is -3.20. The number of likely N-dealkylation sites (N-methyl/N-ethyl adjacent to an activating group) is 1. The number of ether oxygens (including phenoxy) is 1. The lowest BCUT2D eigenvalue weighted by Gasteiger charge is -2.20. The van der Waals surface area contributed by atoms with Crippen molar-refractivity contribution in [1.29, 1.82) is 0 Å². The van der Waals surface area contributed by atoms with Gasteiger partial charge < -0.3 is 19.8 Å². The number of carbonyl (C=O) groups excluding carboxylic acids is 1. The summed E-state index contributed by atoms with van der Waals surface area (Å²) in [6.07, 6.45) is 2.47. The molecule has 0 spiro atoms. The van der Waals surface area contributed by atoms with Crippen LogP contribution in [0.25, 0.3) is 11.1 Å². The molecule has 1 saturated heterocycles. The zero-order chi connectivity index (χ0) is 19.5. The molecule has 146 valence electrons. The number of cyclic esters (lactones) is 1. The predicted octanol–water partition coefficient (Wildman–Crippen LogP) is 2.21. The zero-order valence-electron chi connectivity index (χ0n) is 15.3. The number of carbonyl (C=O) groups is 1. The number of amides is 1. The molecule has 28 heavy (non-hydrogen) atoms. The number of aromatic nitrogens is 1. The summed E-state index contributed by atoms with van der Waals surface area (Å²) in [5.74, 6) is 0.285. The summed E-state index contributed by atoms with van der Waals surface area (Å²) in [5, 5.41) is 6.72. The van der Waals surface area contributed by atoms with E-state index in [9.17, 15) is 9.18 Å². The molecule has 2 aliphatic heterocycles. The largest absolute Gasteiger partial charge is 0.443 e. The molecule has 3 heterocycles. The maximum atomic E-state index is 14.7. The third-order valence-corrected chi connectivity index (χ3v) is 4.61. The second kappa shape index (κ2) is 7.81. The Morgan fingerprint density at radius 1 is 1.32 bits per heavy atom. The first-order valence-corrected chi connectivity index (χ1v) is 8.96. The fraction of sp³-hybridized carbons (Fsp3) is 0.316. The second-order valence-corrected chi connectivity index (χ2v) is 6.49.